The van der Waals surface area contributed by atoms with Crippen LogP contribution in [0.5, 0.6) is 0 Å². The highest BCUT2D eigenvalue weighted by Crippen LogP contribution is 2.17. The molecule has 1 saturated heterocycles. The molecule has 0 aliphatic carbocycles. The summed E-state index contributed by atoms with van der Waals surface area (Å²) in [5, 5.41) is 0. The number of amides is 1. The Bertz CT molecular complexity index is 984. The normalized spacial score (nSPS) is 14.4. The molecule has 1 aromatic carbocycles. The van der Waals surface area contributed by atoms with E-state index in [1.54, 1.807) is 23.2 Å². The second-order valence-corrected chi connectivity index (χ2v) is 6.11. The van der Waals surface area contributed by atoms with Crippen LogP contribution in [0.4, 0.5) is 4.39 Å². The lowest BCUT2D eigenvalue weighted by Gasteiger charge is -2.15. The Labute approximate surface area is 143 Å². The van der Waals surface area contributed by atoms with Gasteiger partial charge in [-0.3, -0.25) is 9.36 Å². The molecule has 0 N–H and O–H groups in total. The first-order valence-electron chi connectivity index (χ1n) is 8.25. The topological polar surface area (TPSA) is 60.1 Å². The van der Waals surface area contributed by atoms with Gasteiger partial charge < -0.3 is 4.90 Å². The van der Waals surface area contributed by atoms with Crippen LogP contribution in [0.3, 0.4) is 0 Å². The number of nitrogens with zero attached hydrogens (tertiary/aromatic N) is 4. The van der Waals surface area contributed by atoms with Gasteiger partial charge in [-0.1, -0.05) is 0 Å². The smallest absolute Gasteiger partial charge is 0.335 e. The maximum absolute atomic E-state index is 13.2. The summed E-state index contributed by atoms with van der Waals surface area (Å²) in [4.78, 5) is 31.5. The first kappa shape index (κ1) is 15.6. The molecule has 128 valence electrons. The third-order valence-electron chi connectivity index (χ3n) is 4.53. The number of aromatic nitrogens is 3. The maximum atomic E-state index is 13.2. The largest absolute Gasteiger partial charge is 0.341 e. The van der Waals surface area contributed by atoms with Gasteiger partial charge in [0.1, 0.15) is 12.4 Å². The lowest BCUT2D eigenvalue weighted by molar-refractivity contribution is -0.130. The van der Waals surface area contributed by atoms with Gasteiger partial charge >= 0.3 is 5.69 Å². The van der Waals surface area contributed by atoms with Gasteiger partial charge in [0.05, 0.1) is 11.2 Å². The van der Waals surface area contributed by atoms with E-state index in [0.29, 0.717) is 16.9 Å². The van der Waals surface area contributed by atoms with Gasteiger partial charge in [0.2, 0.25) is 5.91 Å². The van der Waals surface area contributed by atoms with E-state index in [1.165, 1.54) is 33.4 Å². The molecule has 0 saturated carbocycles. The molecule has 1 aliphatic heterocycles. The Balaban J connectivity index is 1.82. The molecule has 1 fully saturated rings. The van der Waals surface area contributed by atoms with E-state index < -0.39 is 0 Å². The number of likely N-dealkylation sites (tertiary alicyclic amines) is 1. The number of imidazole rings is 1. The first-order valence-corrected chi connectivity index (χ1v) is 8.25. The molecule has 7 heteroatoms. The van der Waals surface area contributed by atoms with Crippen LogP contribution in [0.25, 0.3) is 16.9 Å². The number of halogens is 1. The molecule has 0 unspecified atom stereocenters. The number of hydrogen-bond donors (Lipinski definition) is 0. The van der Waals surface area contributed by atoms with Crippen LogP contribution in [0.2, 0.25) is 0 Å². The minimum atomic E-state index is -0.377. The fourth-order valence-electron chi connectivity index (χ4n) is 3.26. The minimum Gasteiger partial charge on any atom is -0.341 e. The van der Waals surface area contributed by atoms with Crippen molar-refractivity contribution < 1.29 is 9.18 Å². The Morgan fingerprint density at radius 3 is 2.56 bits per heavy atom. The summed E-state index contributed by atoms with van der Waals surface area (Å²) in [6, 6.07) is 9.14. The molecule has 4 rings (SSSR count). The Hall–Kier alpha value is -2.96. The third-order valence-corrected chi connectivity index (χ3v) is 4.53. The molecule has 3 aromatic rings. The van der Waals surface area contributed by atoms with Gasteiger partial charge in [-0.2, -0.15) is 0 Å². The second-order valence-electron chi connectivity index (χ2n) is 6.11. The zero-order chi connectivity index (χ0) is 17.4. The highest BCUT2D eigenvalue weighted by molar-refractivity contribution is 5.80. The lowest BCUT2D eigenvalue weighted by atomic mass is 10.3. The molecule has 0 bridgehead atoms. The van der Waals surface area contributed by atoms with Crippen molar-refractivity contribution in [1.82, 2.24) is 19.0 Å². The predicted octanol–water partition coefficient (Wildman–Crippen LogP) is 1.95. The Morgan fingerprint density at radius 2 is 1.84 bits per heavy atom. The van der Waals surface area contributed by atoms with Gasteiger partial charge in [0.25, 0.3) is 0 Å². The molecule has 25 heavy (non-hydrogen) atoms. The highest BCUT2D eigenvalue weighted by atomic mass is 19.1. The van der Waals surface area contributed by atoms with Crippen molar-refractivity contribution in [3.8, 4) is 5.69 Å². The van der Waals surface area contributed by atoms with E-state index in [0.717, 1.165) is 25.9 Å². The van der Waals surface area contributed by atoms with Crippen molar-refractivity contribution >= 4 is 17.1 Å². The molecule has 1 aliphatic rings. The summed E-state index contributed by atoms with van der Waals surface area (Å²) >= 11 is 0. The van der Waals surface area contributed by atoms with E-state index in [4.69, 9.17) is 0 Å². The number of benzene rings is 1. The quantitative estimate of drug-likeness (QED) is 0.732. The summed E-state index contributed by atoms with van der Waals surface area (Å²) in [7, 11) is 0. The predicted molar refractivity (Wildman–Crippen MR) is 91.1 cm³/mol. The second kappa shape index (κ2) is 6.16. The molecule has 0 atom stereocenters. The van der Waals surface area contributed by atoms with Crippen molar-refractivity contribution in [2.75, 3.05) is 13.1 Å². The molecule has 0 spiro atoms. The van der Waals surface area contributed by atoms with Crippen molar-refractivity contribution in [1.29, 1.82) is 0 Å². The van der Waals surface area contributed by atoms with Gasteiger partial charge in [-0.05, 0) is 49.2 Å². The number of fused-ring (bicyclic) bond motifs is 1. The Kier molecular flexibility index (Phi) is 3.83. The zero-order valence-electron chi connectivity index (χ0n) is 13.6. The monoisotopic (exact) mass is 340 g/mol. The summed E-state index contributed by atoms with van der Waals surface area (Å²) in [6.07, 6.45) is 3.59. The maximum Gasteiger partial charge on any atom is 0.335 e. The highest BCUT2D eigenvalue weighted by Gasteiger charge is 2.22. The molecule has 1 amide bonds. The average molecular weight is 340 g/mol. The fourth-order valence-corrected chi connectivity index (χ4v) is 3.26. The van der Waals surface area contributed by atoms with Gasteiger partial charge in [-0.15, -0.1) is 0 Å². The number of carbonyl (C=O) groups is 1. The van der Waals surface area contributed by atoms with Crippen molar-refractivity contribution in [2.45, 2.75) is 19.4 Å². The molecular formula is C18H17FN4O2. The summed E-state index contributed by atoms with van der Waals surface area (Å²) in [6.45, 7) is 1.46. The summed E-state index contributed by atoms with van der Waals surface area (Å²) in [5.74, 6) is -0.445. The molecular weight excluding hydrogens is 323 g/mol. The SMILES string of the molecule is O=C(Cn1c(=O)n(-c2ccc(F)cc2)c2ncccc21)N1CCCC1. The van der Waals surface area contributed by atoms with Crippen molar-refractivity contribution in [3.63, 3.8) is 0 Å². The van der Waals surface area contributed by atoms with Crippen LogP contribution in [-0.4, -0.2) is 38.0 Å². The van der Waals surface area contributed by atoms with Crippen LogP contribution in [0.1, 0.15) is 12.8 Å². The number of pyridine rings is 1. The molecule has 2 aromatic heterocycles. The lowest BCUT2D eigenvalue weighted by Crippen LogP contribution is -2.34. The standard InChI is InChI=1S/C18H17FN4O2/c19-13-5-7-14(8-6-13)23-17-15(4-3-9-20-17)22(18(23)25)12-16(24)21-10-1-2-11-21/h3-9H,1-2,10-12H2. The molecule has 0 radical (unpaired) electrons. The summed E-state index contributed by atoms with van der Waals surface area (Å²) in [5.41, 5.74) is 1.20. The average Bonchev–Trinajstić information content (AvgIpc) is 3.24. The van der Waals surface area contributed by atoms with E-state index in [9.17, 15) is 14.0 Å². The van der Waals surface area contributed by atoms with Crippen molar-refractivity contribution in [3.05, 3.63) is 58.9 Å². The van der Waals surface area contributed by atoms with Gasteiger partial charge in [0.15, 0.2) is 5.65 Å². The first-order chi connectivity index (χ1) is 12.1. The van der Waals surface area contributed by atoms with E-state index in [1.807, 2.05) is 0 Å². The van der Waals surface area contributed by atoms with Crippen LogP contribution >= 0.6 is 0 Å². The van der Waals surface area contributed by atoms with Crippen LogP contribution in [-0.2, 0) is 11.3 Å². The van der Waals surface area contributed by atoms with Gasteiger partial charge in [0, 0.05) is 19.3 Å². The van der Waals surface area contributed by atoms with Crippen molar-refractivity contribution in [2.24, 2.45) is 0 Å². The third kappa shape index (κ3) is 2.71. The Morgan fingerprint density at radius 1 is 1.12 bits per heavy atom. The van der Waals surface area contributed by atoms with E-state index in [2.05, 4.69) is 4.98 Å². The van der Waals surface area contributed by atoms with E-state index >= 15 is 0 Å². The number of hydrogen-bond acceptors (Lipinski definition) is 3. The number of rotatable bonds is 3. The zero-order valence-corrected chi connectivity index (χ0v) is 13.6. The van der Waals surface area contributed by atoms with Crippen LogP contribution in [0.15, 0.2) is 47.4 Å². The molecule has 3 heterocycles. The number of carbonyl (C=O) groups excluding carboxylic acids is 1. The summed E-state index contributed by atoms with van der Waals surface area (Å²) < 4.78 is 16.1. The van der Waals surface area contributed by atoms with Crippen LogP contribution < -0.4 is 5.69 Å². The fraction of sp³-hybridized carbons (Fsp3) is 0.278. The molecule has 6 nitrogen and oxygen atoms in total. The van der Waals surface area contributed by atoms with Crippen LogP contribution in [0, 0.1) is 5.82 Å². The van der Waals surface area contributed by atoms with E-state index in [-0.39, 0.29) is 24.0 Å². The minimum absolute atomic E-state index is 0.0186. The van der Waals surface area contributed by atoms with Gasteiger partial charge in [-0.25, -0.2) is 18.7 Å².